The van der Waals surface area contributed by atoms with E-state index < -0.39 is 11.7 Å². The monoisotopic (exact) mass is 371 g/mol. The van der Waals surface area contributed by atoms with Gasteiger partial charge in [0, 0.05) is 19.3 Å². The minimum atomic E-state index is -0.480. The van der Waals surface area contributed by atoms with E-state index in [9.17, 15) is 4.79 Å². The van der Waals surface area contributed by atoms with Gasteiger partial charge in [-0.1, -0.05) is 0 Å². The maximum atomic E-state index is 11.3. The third-order valence-corrected chi connectivity index (χ3v) is 2.54. The van der Waals surface area contributed by atoms with Crippen LogP contribution in [0, 0.1) is 3.70 Å². The van der Waals surface area contributed by atoms with E-state index in [4.69, 9.17) is 16.3 Å². The zero-order chi connectivity index (χ0) is 13.1. The smallest absolute Gasteiger partial charge is 0.407 e. The van der Waals surface area contributed by atoms with Crippen LogP contribution in [0.25, 0.3) is 0 Å². The molecule has 0 unspecified atom stereocenters. The summed E-state index contributed by atoms with van der Waals surface area (Å²) in [6, 6.07) is 0. The SMILES string of the molecule is CC(C)(C)OC(=O)NCCn1cc(I)nc1Cl. The molecule has 7 heteroatoms. The van der Waals surface area contributed by atoms with Gasteiger partial charge < -0.3 is 14.6 Å². The molecule has 0 spiro atoms. The van der Waals surface area contributed by atoms with Gasteiger partial charge in [0.1, 0.15) is 9.30 Å². The van der Waals surface area contributed by atoms with Gasteiger partial charge in [-0.2, -0.15) is 0 Å². The molecule has 1 aromatic rings. The van der Waals surface area contributed by atoms with Crippen LogP contribution >= 0.6 is 34.2 Å². The predicted molar refractivity (Wildman–Crippen MR) is 74.2 cm³/mol. The maximum absolute atomic E-state index is 11.3. The van der Waals surface area contributed by atoms with Gasteiger partial charge in [-0.3, -0.25) is 0 Å². The van der Waals surface area contributed by atoms with Gasteiger partial charge >= 0.3 is 6.09 Å². The fourth-order valence-electron chi connectivity index (χ4n) is 1.11. The topological polar surface area (TPSA) is 56.1 Å². The highest BCUT2D eigenvalue weighted by Crippen LogP contribution is 2.10. The first-order chi connectivity index (χ1) is 7.78. The highest BCUT2D eigenvalue weighted by Gasteiger charge is 2.15. The average Bonchev–Trinajstić information content (AvgIpc) is 2.42. The van der Waals surface area contributed by atoms with E-state index in [0.717, 1.165) is 3.70 Å². The fraction of sp³-hybridized carbons (Fsp3) is 0.600. The maximum Gasteiger partial charge on any atom is 0.407 e. The number of alkyl carbamates (subject to hydrolysis) is 1. The standard InChI is InChI=1S/C10H15ClIN3O2/c1-10(2,3)17-9(16)13-4-5-15-6-7(12)14-8(15)11/h6H,4-5H2,1-3H3,(H,13,16). The number of hydrogen-bond acceptors (Lipinski definition) is 3. The number of hydrogen-bond donors (Lipinski definition) is 1. The van der Waals surface area contributed by atoms with Crippen molar-refractivity contribution >= 4 is 40.3 Å². The molecule has 0 saturated carbocycles. The van der Waals surface area contributed by atoms with Crippen LogP contribution in [0.4, 0.5) is 4.79 Å². The summed E-state index contributed by atoms with van der Waals surface area (Å²) in [7, 11) is 0. The molecule has 1 aromatic heterocycles. The summed E-state index contributed by atoms with van der Waals surface area (Å²) >= 11 is 7.95. The van der Waals surface area contributed by atoms with Crippen LogP contribution in [0.3, 0.4) is 0 Å². The molecule has 1 N–H and O–H groups in total. The Balaban J connectivity index is 2.33. The first-order valence-corrected chi connectivity index (χ1v) is 6.58. The Morgan fingerprint density at radius 1 is 1.65 bits per heavy atom. The summed E-state index contributed by atoms with van der Waals surface area (Å²) in [5.74, 6) is 0. The first kappa shape index (κ1) is 14.6. The molecule has 1 heterocycles. The Morgan fingerprint density at radius 2 is 2.29 bits per heavy atom. The number of nitrogens with one attached hydrogen (secondary N) is 1. The average molecular weight is 372 g/mol. The molecule has 0 atom stereocenters. The van der Waals surface area contributed by atoms with Crippen LogP contribution in [-0.2, 0) is 11.3 Å². The quantitative estimate of drug-likeness (QED) is 0.831. The zero-order valence-corrected chi connectivity index (χ0v) is 12.9. The van der Waals surface area contributed by atoms with Crippen molar-refractivity contribution in [1.29, 1.82) is 0 Å². The number of imidazole rings is 1. The molecule has 0 bridgehead atoms. The Hall–Kier alpha value is -0.500. The Morgan fingerprint density at radius 3 is 2.76 bits per heavy atom. The third-order valence-electron chi connectivity index (χ3n) is 1.72. The molecular weight excluding hydrogens is 356 g/mol. The zero-order valence-electron chi connectivity index (χ0n) is 9.96. The molecule has 17 heavy (non-hydrogen) atoms. The van der Waals surface area contributed by atoms with E-state index in [1.807, 2.05) is 27.0 Å². The van der Waals surface area contributed by atoms with Crippen molar-refractivity contribution in [2.75, 3.05) is 6.54 Å². The Bertz CT molecular complexity index is 401. The normalized spacial score (nSPS) is 11.4. The summed E-state index contributed by atoms with van der Waals surface area (Å²) < 4.78 is 7.69. The second-order valence-electron chi connectivity index (χ2n) is 4.45. The van der Waals surface area contributed by atoms with Crippen LogP contribution in [0.5, 0.6) is 0 Å². The van der Waals surface area contributed by atoms with Gasteiger partial charge in [-0.15, -0.1) is 0 Å². The van der Waals surface area contributed by atoms with Crippen molar-refractivity contribution in [3.63, 3.8) is 0 Å². The summed E-state index contributed by atoms with van der Waals surface area (Å²) in [6.07, 6.45) is 1.39. The summed E-state index contributed by atoms with van der Waals surface area (Å²) in [5, 5.41) is 3.07. The number of carbonyl (C=O) groups excluding carboxylic acids is 1. The molecule has 0 radical (unpaired) electrons. The van der Waals surface area contributed by atoms with E-state index >= 15 is 0 Å². The van der Waals surface area contributed by atoms with Gasteiger partial charge in [-0.05, 0) is 55.0 Å². The minimum Gasteiger partial charge on any atom is -0.444 e. The molecule has 0 aliphatic carbocycles. The van der Waals surface area contributed by atoms with Crippen molar-refractivity contribution in [2.45, 2.75) is 32.9 Å². The molecule has 0 aliphatic rings. The molecule has 1 rings (SSSR count). The van der Waals surface area contributed by atoms with Crippen LogP contribution in [0.15, 0.2) is 6.20 Å². The fourth-order valence-corrected chi connectivity index (χ4v) is 2.04. The summed E-state index contributed by atoms with van der Waals surface area (Å²) in [4.78, 5) is 15.4. The van der Waals surface area contributed by atoms with Crippen molar-refractivity contribution in [3.05, 3.63) is 15.2 Å². The van der Waals surface area contributed by atoms with Gasteiger partial charge in [0.05, 0.1) is 0 Å². The Kier molecular flexibility index (Phi) is 5.05. The van der Waals surface area contributed by atoms with Gasteiger partial charge in [0.2, 0.25) is 5.28 Å². The van der Waals surface area contributed by atoms with E-state index in [-0.39, 0.29) is 0 Å². The molecular formula is C10H15ClIN3O2. The van der Waals surface area contributed by atoms with Crippen molar-refractivity contribution in [3.8, 4) is 0 Å². The van der Waals surface area contributed by atoms with Gasteiger partial charge in [0.25, 0.3) is 0 Å². The number of nitrogens with zero attached hydrogens (tertiary/aromatic N) is 2. The number of amides is 1. The predicted octanol–water partition coefficient (Wildman–Crippen LogP) is 2.67. The lowest BCUT2D eigenvalue weighted by Gasteiger charge is -2.19. The van der Waals surface area contributed by atoms with Gasteiger partial charge in [0.15, 0.2) is 0 Å². The molecule has 0 aliphatic heterocycles. The molecule has 1 amide bonds. The molecule has 0 aromatic carbocycles. The summed E-state index contributed by atoms with van der Waals surface area (Å²) in [5.41, 5.74) is -0.480. The number of halogens is 2. The van der Waals surface area contributed by atoms with Crippen molar-refractivity contribution in [1.82, 2.24) is 14.9 Å². The number of ether oxygens (including phenoxy) is 1. The van der Waals surface area contributed by atoms with E-state index in [1.54, 1.807) is 4.57 Å². The summed E-state index contributed by atoms with van der Waals surface area (Å²) in [6.45, 7) is 6.47. The van der Waals surface area contributed by atoms with Crippen molar-refractivity contribution in [2.24, 2.45) is 0 Å². The van der Waals surface area contributed by atoms with E-state index in [2.05, 4.69) is 32.9 Å². The van der Waals surface area contributed by atoms with Crippen LogP contribution in [-0.4, -0.2) is 27.8 Å². The lowest BCUT2D eigenvalue weighted by Crippen LogP contribution is -2.34. The van der Waals surface area contributed by atoms with Crippen molar-refractivity contribution < 1.29 is 9.53 Å². The first-order valence-electron chi connectivity index (χ1n) is 5.13. The number of aromatic nitrogens is 2. The lowest BCUT2D eigenvalue weighted by atomic mass is 10.2. The number of rotatable bonds is 3. The Labute approximate surface area is 119 Å². The van der Waals surface area contributed by atoms with E-state index in [1.165, 1.54) is 0 Å². The lowest BCUT2D eigenvalue weighted by molar-refractivity contribution is 0.0526. The molecule has 5 nitrogen and oxygen atoms in total. The second-order valence-corrected chi connectivity index (χ2v) is 5.90. The molecule has 96 valence electrons. The highest BCUT2D eigenvalue weighted by atomic mass is 127. The third kappa shape index (κ3) is 5.58. The van der Waals surface area contributed by atoms with Crippen LogP contribution in [0.1, 0.15) is 20.8 Å². The van der Waals surface area contributed by atoms with E-state index in [0.29, 0.717) is 18.4 Å². The highest BCUT2D eigenvalue weighted by molar-refractivity contribution is 14.1. The molecule has 0 saturated heterocycles. The van der Waals surface area contributed by atoms with Crippen LogP contribution < -0.4 is 5.32 Å². The second kappa shape index (κ2) is 5.90. The number of carbonyl (C=O) groups is 1. The van der Waals surface area contributed by atoms with Crippen LogP contribution in [0.2, 0.25) is 5.28 Å². The van der Waals surface area contributed by atoms with Gasteiger partial charge in [-0.25, -0.2) is 9.78 Å². The largest absolute Gasteiger partial charge is 0.444 e. The molecule has 0 fully saturated rings. The minimum absolute atomic E-state index is 0.417.